The number of carbonyl (C=O) groups excluding carboxylic acids is 2. The number of hydrazone groups is 2. The number of halogens is 1. The minimum Gasteiger partial charge on any atom is -0.271 e. The first kappa shape index (κ1) is 16.9. The van der Waals surface area contributed by atoms with E-state index in [9.17, 15) is 9.59 Å². The van der Waals surface area contributed by atoms with E-state index < -0.39 is 11.8 Å². The van der Waals surface area contributed by atoms with E-state index in [0.29, 0.717) is 22.0 Å². The molecule has 0 fully saturated rings. The third-order valence-electron chi connectivity index (χ3n) is 3.69. The van der Waals surface area contributed by atoms with Gasteiger partial charge in [0.25, 0.3) is 11.8 Å². The molecular formula is C18H15ClN4O2. The van der Waals surface area contributed by atoms with E-state index in [4.69, 9.17) is 11.6 Å². The van der Waals surface area contributed by atoms with Crippen LogP contribution in [0.15, 0.2) is 64.8 Å². The van der Waals surface area contributed by atoms with Gasteiger partial charge in [-0.25, -0.2) is 5.43 Å². The van der Waals surface area contributed by atoms with E-state index in [1.165, 1.54) is 11.2 Å². The maximum Gasteiger partial charge on any atom is 0.272 e. The molecule has 2 aromatic rings. The minimum absolute atomic E-state index is 0.223. The minimum atomic E-state index is -0.619. The number of carbonyl (C=O) groups is 2. The van der Waals surface area contributed by atoms with Crippen molar-refractivity contribution in [3.8, 4) is 0 Å². The molecule has 0 radical (unpaired) electrons. The van der Waals surface area contributed by atoms with Crippen LogP contribution in [-0.4, -0.2) is 23.7 Å². The number of nitrogens with zero attached hydrogens (tertiary/aromatic N) is 3. The van der Waals surface area contributed by atoms with Gasteiger partial charge in [0, 0.05) is 6.21 Å². The number of rotatable bonds is 4. The molecule has 0 aliphatic carbocycles. The molecule has 2 aromatic carbocycles. The lowest BCUT2D eigenvalue weighted by Crippen LogP contribution is -2.29. The molecule has 0 aromatic heterocycles. The number of amides is 2. The van der Waals surface area contributed by atoms with E-state index in [2.05, 4.69) is 15.6 Å². The van der Waals surface area contributed by atoms with Gasteiger partial charge >= 0.3 is 0 Å². The average molecular weight is 355 g/mol. The summed E-state index contributed by atoms with van der Waals surface area (Å²) in [4.78, 5) is 24.6. The van der Waals surface area contributed by atoms with Gasteiger partial charge in [-0.1, -0.05) is 41.9 Å². The standard InChI is InChI=1S/C18H15ClN4O2/c1-12-15(18(25)23(22-12)13-7-3-2-4-8-13)11-20-21-17(24)14-9-5-6-10-16(14)19/h2-11,15H,1H3,(H,21,24)/b20-11-/t15-/m0/s1. The summed E-state index contributed by atoms with van der Waals surface area (Å²) in [6.45, 7) is 1.74. The molecule has 0 unspecified atom stereocenters. The van der Waals surface area contributed by atoms with Crippen molar-refractivity contribution >= 4 is 41.0 Å². The maximum atomic E-state index is 12.5. The van der Waals surface area contributed by atoms with Gasteiger partial charge in [0.1, 0.15) is 5.92 Å². The monoisotopic (exact) mass is 354 g/mol. The van der Waals surface area contributed by atoms with Crippen molar-refractivity contribution in [3.63, 3.8) is 0 Å². The van der Waals surface area contributed by atoms with Gasteiger partial charge in [0.05, 0.1) is 22.0 Å². The molecule has 0 saturated carbocycles. The Bertz CT molecular complexity index is 864. The highest BCUT2D eigenvalue weighted by atomic mass is 35.5. The summed E-state index contributed by atoms with van der Waals surface area (Å²) in [5.41, 5.74) is 3.98. The molecule has 0 bridgehead atoms. The summed E-state index contributed by atoms with van der Waals surface area (Å²) in [6, 6.07) is 15.8. The number of hydrogen-bond acceptors (Lipinski definition) is 4. The Morgan fingerprint density at radius 2 is 1.88 bits per heavy atom. The number of hydrogen-bond donors (Lipinski definition) is 1. The van der Waals surface area contributed by atoms with Crippen LogP contribution in [0.3, 0.4) is 0 Å². The fraction of sp³-hybridized carbons (Fsp3) is 0.111. The average Bonchev–Trinajstić information content (AvgIpc) is 2.91. The number of benzene rings is 2. The van der Waals surface area contributed by atoms with Gasteiger partial charge < -0.3 is 0 Å². The predicted octanol–water partition coefficient (Wildman–Crippen LogP) is 3.09. The second-order valence-corrected chi connectivity index (χ2v) is 5.81. The van der Waals surface area contributed by atoms with E-state index in [0.717, 1.165) is 0 Å². The molecular weight excluding hydrogens is 340 g/mol. The number of nitrogens with one attached hydrogen (secondary N) is 1. The predicted molar refractivity (Wildman–Crippen MR) is 97.9 cm³/mol. The van der Waals surface area contributed by atoms with Gasteiger partial charge in [-0.05, 0) is 31.2 Å². The lowest BCUT2D eigenvalue weighted by atomic mass is 10.1. The topological polar surface area (TPSA) is 74.1 Å². The number of anilines is 1. The van der Waals surface area contributed by atoms with Crippen LogP contribution in [0, 0.1) is 5.92 Å². The van der Waals surface area contributed by atoms with Crippen molar-refractivity contribution < 1.29 is 9.59 Å². The van der Waals surface area contributed by atoms with Crippen molar-refractivity contribution in [1.29, 1.82) is 0 Å². The van der Waals surface area contributed by atoms with Gasteiger partial charge in [-0.3, -0.25) is 9.59 Å². The quantitative estimate of drug-likeness (QED) is 0.676. The highest BCUT2D eigenvalue weighted by Crippen LogP contribution is 2.22. The van der Waals surface area contributed by atoms with E-state index >= 15 is 0 Å². The van der Waals surface area contributed by atoms with Crippen LogP contribution >= 0.6 is 11.6 Å². The maximum absolute atomic E-state index is 12.5. The molecule has 25 heavy (non-hydrogen) atoms. The molecule has 1 N–H and O–H groups in total. The molecule has 2 amide bonds. The van der Waals surface area contributed by atoms with Crippen LogP contribution in [0.25, 0.3) is 0 Å². The Balaban J connectivity index is 1.68. The van der Waals surface area contributed by atoms with E-state index in [1.807, 2.05) is 18.2 Å². The highest BCUT2D eigenvalue weighted by Gasteiger charge is 2.33. The summed E-state index contributed by atoms with van der Waals surface area (Å²) in [5.74, 6) is -1.28. The Morgan fingerprint density at radius 3 is 2.60 bits per heavy atom. The summed E-state index contributed by atoms with van der Waals surface area (Å²) >= 11 is 5.97. The number of para-hydroxylation sites is 1. The lowest BCUT2D eigenvalue weighted by Gasteiger charge is -2.12. The summed E-state index contributed by atoms with van der Waals surface area (Å²) < 4.78 is 0. The Morgan fingerprint density at radius 1 is 1.20 bits per heavy atom. The zero-order valence-electron chi connectivity index (χ0n) is 13.4. The summed E-state index contributed by atoms with van der Waals surface area (Å²) in [7, 11) is 0. The second kappa shape index (κ2) is 7.27. The van der Waals surface area contributed by atoms with E-state index in [-0.39, 0.29) is 5.91 Å². The third-order valence-corrected chi connectivity index (χ3v) is 4.02. The Labute approximate surface area is 149 Å². The summed E-state index contributed by atoms with van der Waals surface area (Å²) in [5, 5.41) is 9.82. The second-order valence-electron chi connectivity index (χ2n) is 5.40. The largest absolute Gasteiger partial charge is 0.272 e. The van der Waals surface area contributed by atoms with Crippen molar-refractivity contribution in [2.24, 2.45) is 16.1 Å². The van der Waals surface area contributed by atoms with Crippen LogP contribution in [-0.2, 0) is 4.79 Å². The highest BCUT2D eigenvalue weighted by molar-refractivity contribution is 6.33. The molecule has 1 atom stereocenters. The fourth-order valence-corrected chi connectivity index (χ4v) is 2.60. The first-order valence-corrected chi connectivity index (χ1v) is 7.98. The SMILES string of the molecule is CC1=NN(c2ccccc2)C(=O)[C@H]1/C=N\NC(=O)c1ccccc1Cl. The van der Waals surface area contributed by atoms with Gasteiger partial charge in [-0.2, -0.15) is 15.2 Å². The fourth-order valence-electron chi connectivity index (χ4n) is 2.38. The van der Waals surface area contributed by atoms with Crippen LogP contribution in [0.1, 0.15) is 17.3 Å². The molecule has 1 aliphatic rings. The molecule has 6 nitrogen and oxygen atoms in total. The summed E-state index contributed by atoms with van der Waals surface area (Å²) in [6.07, 6.45) is 1.37. The molecule has 1 aliphatic heterocycles. The van der Waals surface area contributed by atoms with Gasteiger partial charge in [0.2, 0.25) is 0 Å². The first-order chi connectivity index (χ1) is 12.1. The van der Waals surface area contributed by atoms with Gasteiger partial charge in [-0.15, -0.1) is 0 Å². The smallest absolute Gasteiger partial charge is 0.271 e. The van der Waals surface area contributed by atoms with Crippen LogP contribution in [0.5, 0.6) is 0 Å². The van der Waals surface area contributed by atoms with Crippen molar-refractivity contribution in [2.75, 3.05) is 5.01 Å². The Kier molecular flexibility index (Phi) is 4.90. The lowest BCUT2D eigenvalue weighted by molar-refractivity contribution is -0.118. The normalized spacial score (nSPS) is 17.0. The molecule has 0 saturated heterocycles. The zero-order chi connectivity index (χ0) is 17.8. The van der Waals surface area contributed by atoms with Crippen molar-refractivity contribution in [2.45, 2.75) is 6.92 Å². The molecule has 1 heterocycles. The molecule has 7 heteroatoms. The Hall–Kier alpha value is -2.99. The van der Waals surface area contributed by atoms with Crippen LogP contribution in [0.2, 0.25) is 5.02 Å². The van der Waals surface area contributed by atoms with Gasteiger partial charge in [0.15, 0.2) is 0 Å². The zero-order valence-corrected chi connectivity index (χ0v) is 14.1. The molecule has 3 rings (SSSR count). The van der Waals surface area contributed by atoms with Crippen molar-refractivity contribution in [1.82, 2.24) is 5.43 Å². The van der Waals surface area contributed by atoms with Crippen molar-refractivity contribution in [3.05, 3.63) is 65.2 Å². The third kappa shape index (κ3) is 3.59. The molecule has 126 valence electrons. The van der Waals surface area contributed by atoms with E-state index in [1.54, 1.807) is 43.3 Å². The van der Waals surface area contributed by atoms with Crippen LogP contribution in [0.4, 0.5) is 5.69 Å². The van der Waals surface area contributed by atoms with Crippen LogP contribution < -0.4 is 10.4 Å². The first-order valence-electron chi connectivity index (χ1n) is 7.60. The molecule has 0 spiro atoms.